The van der Waals surface area contributed by atoms with E-state index < -0.39 is 0 Å². The normalized spacial score (nSPS) is 12.3. The lowest BCUT2D eigenvalue weighted by molar-refractivity contribution is 0.274. The summed E-state index contributed by atoms with van der Waals surface area (Å²) in [7, 11) is 0. The van der Waals surface area contributed by atoms with Crippen molar-refractivity contribution in [2.24, 2.45) is 0 Å². The SMILES string of the molecule is CCCN(CCC)CCCNc1c(C(C)(C)C)c(=S)c1=S. The highest BCUT2D eigenvalue weighted by atomic mass is 32.1. The summed E-state index contributed by atoms with van der Waals surface area (Å²) in [6, 6.07) is 0. The van der Waals surface area contributed by atoms with Crippen molar-refractivity contribution >= 4 is 30.1 Å². The second kappa shape index (κ2) is 8.35. The number of hydrogen-bond acceptors (Lipinski definition) is 4. The molecule has 21 heavy (non-hydrogen) atoms. The van der Waals surface area contributed by atoms with Gasteiger partial charge in [0.2, 0.25) is 0 Å². The topological polar surface area (TPSA) is 15.3 Å². The Labute approximate surface area is 140 Å². The van der Waals surface area contributed by atoms with E-state index in [4.69, 9.17) is 24.4 Å². The fourth-order valence-electron chi connectivity index (χ4n) is 2.76. The minimum absolute atomic E-state index is 0.0815. The summed E-state index contributed by atoms with van der Waals surface area (Å²) in [5, 5.41) is 3.52. The van der Waals surface area contributed by atoms with Crippen LogP contribution < -0.4 is 5.32 Å². The quantitative estimate of drug-likeness (QED) is 0.492. The number of nitrogens with one attached hydrogen (secondary N) is 1. The molecule has 0 fully saturated rings. The van der Waals surface area contributed by atoms with E-state index in [1.165, 1.54) is 31.5 Å². The molecule has 0 aliphatic rings. The zero-order valence-electron chi connectivity index (χ0n) is 14.2. The average Bonchev–Trinajstić information content (AvgIpc) is 2.40. The summed E-state index contributed by atoms with van der Waals surface area (Å²) in [5.74, 6) is 0. The van der Waals surface area contributed by atoms with Crippen molar-refractivity contribution in [3.8, 4) is 0 Å². The highest BCUT2D eigenvalue weighted by Gasteiger charge is 2.25. The van der Waals surface area contributed by atoms with E-state index in [1.807, 2.05) is 0 Å². The van der Waals surface area contributed by atoms with Crippen LogP contribution >= 0.6 is 24.4 Å². The number of rotatable bonds is 9. The van der Waals surface area contributed by atoms with E-state index in [9.17, 15) is 0 Å². The van der Waals surface area contributed by atoms with Crippen molar-refractivity contribution in [1.82, 2.24) is 4.90 Å². The van der Waals surface area contributed by atoms with Crippen LogP contribution in [0.2, 0.25) is 0 Å². The van der Waals surface area contributed by atoms with Crippen molar-refractivity contribution in [3.05, 3.63) is 14.6 Å². The summed E-state index contributed by atoms with van der Waals surface area (Å²) < 4.78 is 1.74. The van der Waals surface area contributed by atoms with Crippen LogP contribution in [0.25, 0.3) is 0 Å². The first-order chi connectivity index (χ1) is 9.82. The highest BCUT2D eigenvalue weighted by molar-refractivity contribution is 7.74. The fraction of sp³-hybridized carbons (Fsp3) is 0.765. The van der Waals surface area contributed by atoms with E-state index in [1.54, 1.807) is 0 Å². The smallest absolute Gasteiger partial charge is 0.0796 e. The zero-order chi connectivity index (χ0) is 16.0. The van der Waals surface area contributed by atoms with Gasteiger partial charge in [-0.05, 0) is 44.3 Å². The Morgan fingerprint density at radius 2 is 1.52 bits per heavy atom. The van der Waals surface area contributed by atoms with Crippen molar-refractivity contribution in [2.75, 3.05) is 31.5 Å². The summed E-state index contributed by atoms with van der Waals surface area (Å²) in [6.45, 7) is 15.6. The summed E-state index contributed by atoms with van der Waals surface area (Å²) in [4.78, 5) is 2.55. The lowest BCUT2D eigenvalue weighted by atomic mass is 9.83. The van der Waals surface area contributed by atoms with Gasteiger partial charge in [-0.15, -0.1) is 0 Å². The Kier molecular flexibility index (Phi) is 7.45. The molecule has 0 saturated heterocycles. The molecule has 0 unspecified atom stereocenters. The summed E-state index contributed by atoms with van der Waals surface area (Å²) in [6.07, 6.45) is 3.60. The second-order valence-electron chi connectivity index (χ2n) is 6.78. The van der Waals surface area contributed by atoms with Gasteiger partial charge in [0.1, 0.15) is 0 Å². The maximum Gasteiger partial charge on any atom is 0.0796 e. The lowest BCUT2D eigenvalue weighted by Gasteiger charge is -2.27. The maximum atomic E-state index is 5.39. The summed E-state index contributed by atoms with van der Waals surface area (Å²) in [5.41, 5.74) is 2.44. The molecule has 0 aliphatic carbocycles. The Hall–Kier alpha value is -0.320. The molecule has 0 bridgehead atoms. The minimum Gasteiger partial charge on any atom is -0.384 e. The predicted octanol–water partition coefficient (Wildman–Crippen LogP) is 5.24. The third kappa shape index (κ3) is 5.11. The molecule has 1 rings (SSSR count). The molecule has 0 atom stereocenters. The largest absolute Gasteiger partial charge is 0.384 e. The summed E-state index contributed by atoms with van der Waals surface area (Å²) >= 11 is 10.8. The van der Waals surface area contributed by atoms with Crippen LogP contribution in [0, 0.1) is 9.02 Å². The molecular formula is C17H30N2S2. The van der Waals surface area contributed by atoms with Crippen LogP contribution in [-0.2, 0) is 5.41 Å². The predicted molar refractivity (Wildman–Crippen MR) is 99.3 cm³/mol. The van der Waals surface area contributed by atoms with Crippen molar-refractivity contribution in [2.45, 2.75) is 59.3 Å². The van der Waals surface area contributed by atoms with Crippen LogP contribution in [0.1, 0.15) is 59.4 Å². The van der Waals surface area contributed by atoms with Gasteiger partial charge in [0.15, 0.2) is 0 Å². The molecule has 120 valence electrons. The van der Waals surface area contributed by atoms with Gasteiger partial charge < -0.3 is 10.2 Å². The van der Waals surface area contributed by atoms with Gasteiger partial charge in [0.05, 0.1) is 14.7 Å². The number of anilines is 1. The molecule has 4 heteroatoms. The highest BCUT2D eigenvalue weighted by Crippen LogP contribution is 2.36. The molecule has 0 heterocycles. The van der Waals surface area contributed by atoms with Crippen LogP contribution in [0.5, 0.6) is 0 Å². The van der Waals surface area contributed by atoms with Crippen LogP contribution in [0.15, 0.2) is 0 Å². The van der Waals surface area contributed by atoms with Crippen molar-refractivity contribution in [3.63, 3.8) is 0 Å². The molecule has 0 spiro atoms. The standard InChI is InChI=1S/C17H30N2S2/c1-6-10-19(11-7-2)12-8-9-18-14-13(17(3,4)5)15(20)16(14)21/h18H,6-12H2,1-5H3. The van der Waals surface area contributed by atoms with E-state index in [-0.39, 0.29) is 5.41 Å². The van der Waals surface area contributed by atoms with Gasteiger partial charge in [-0.2, -0.15) is 0 Å². The average molecular weight is 327 g/mol. The molecule has 1 aromatic rings. The monoisotopic (exact) mass is 326 g/mol. The van der Waals surface area contributed by atoms with Crippen LogP contribution in [0.3, 0.4) is 0 Å². The molecule has 2 nitrogen and oxygen atoms in total. The Morgan fingerprint density at radius 1 is 0.952 bits per heavy atom. The molecule has 0 aromatic heterocycles. The Bertz CT molecular complexity index is 501. The van der Waals surface area contributed by atoms with Gasteiger partial charge >= 0.3 is 0 Å². The third-order valence-electron chi connectivity index (χ3n) is 3.69. The van der Waals surface area contributed by atoms with Gasteiger partial charge in [0.25, 0.3) is 0 Å². The third-order valence-corrected chi connectivity index (χ3v) is 4.64. The van der Waals surface area contributed by atoms with Gasteiger partial charge in [0, 0.05) is 12.1 Å². The van der Waals surface area contributed by atoms with Crippen molar-refractivity contribution in [1.29, 1.82) is 0 Å². The first-order valence-corrected chi connectivity index (χ1v) is 8.94. The zero-order valence-corrected chi connectivity index (χ0v) is 15.8. The molecule has 1 aromatic carbocycles. The molecular weight excluding hydrogens is 296 g/mol. The van der Waals surface area contributed by atoms with Gasteiger partial charge in [-0.3, -0.25) is 0 Å². The fourth-order valence-corrected chi connectivity index (χ4v) is 3.55. The first kappa shape index (κ1) is 18.7. The first-order valence-electron chi connectivity index (χ1n) is 8.12. The number of hydrogen-bond donors (Lipinski definition) is 1. The minimum atomic E-state index is 0.0815. The van der Waals surface area contributed by atoms with E-state index in [0.29, 0.717) is 0 Å². The van der Waals surface area contributed by atoms with Gasteiger partial charge in [-0.25, -0.2) is 0 Å². The molecule has 0 amide bonds. The second-order valence-corrected chi connectivity index (χ2v) is 7.60. The van der Waals surface area contributed by atoms with Crippen LogP contribution in [0.4, 0.5) is 5.69 Å². The lowest BCUT2D eigenvalue weighted by Crippen LogP contribution is -2.28. The molecule has 1 N–H and O–H groups in total. The molecule has 0 aliphatic heterocycles. The van der Waals surface area contributed by atoms with Crippen molar-refractivity contribution < 1.29 is 0 Å². The maximum absolute atomic E-state index is 5.39. The van der Waals surface area contributed by atoms with Crippen LogP contribution in [-0.4, -0.2) is 31.1 Å². The molecule has 0 saturated carbocycles. The van der Waals surface area contributed by atoms with E-state index in [2.05, 4.69) is 44.8 Å². The van der Waals surface area contributed by atoms with Gasteiger partial charge in [-0.1, -0.05) is 59.1 Å². The Balaban J connectivity index is 2.49. The molecule has 0 radical (unpaired) electrons. The van der Waals surface area contributed by atoms with E-state index in [0.717, 1.165) is 34.2 Å². The van der Waals surface area contributed by atoms with E-state index >= 15 is 0 Å². The number of nitrogens with zero attached hydrogens (tertiary/aromatic N) is 1. The Morgan fingerprint density at radius 3 is 2.00 bits per heavy atom.